The molecule has 0 radical (unpaired) electrons. The van der Waals surface area contributed by atoms with Crippen molar-refractivity contribution in [1.29, 1.82) is 0 Å². The molecule has 2 heterocycles. The van der Waals surface area contributed by atoms with Crippen LogP contribution in [0.1, 0.15) is 10.5 Å². The van der Waals surface area contributed by atoms with Gasteiger partial charge in [-0.2, -0.15) is 0 Å². The molecule has 4 heteroatoms. The van der Waals surface area contributed by atoms with E-state index in [0.29, 0.717) is 17.3 Å². The number of H-pyrrole nitrogens is 1. The van der Waals surface area contributed by atoms with E-state index in [0.717, 1.165) is 0 Å². The molecular weight excluding hydrogens is 156 g/mol. The molecule has 2 aromatic heterocycles. The Hall–Kier alpha value is -1.84. The van der Waals surface area contributed by atoms with Crippen molar-refractivity contribution < 1.29 is 9.90 Å². The van der Waals surface area contributed by atoms with Gasteiger partial charge in [-0.05, 0) is 12.1 Å². The van der Waals surface area contributed by atoms with E-state index in [-0.39, 0.29) is 11.4 Å². The lowest BCUT2D eigenvalue weighted by molar-refractivity contribution is 0.111. The molecule has 0 unspecified atom stereocenters. The van der Waals surface area contributed by atoms with Gasteiger partial charge in [-0.25, -0.2) is 4.98 Å². The van der Waals surface area contributed by atoms with Crippen LogP contribution in [0.4, 0.5) is 0 Å². The molecule has 12 heavy (non-hydrogen) atoms. The van der Waals surface area contributed by atoms with Gasteiger partial charge in [0.1, 0.15) is 11.3 Å². The van der Waals surface area contributed by atoms with E-state index in [1.165, 1.54) is 0 Å². The highest BCUT2D eigenvalue weighted by Crippen LogP contribution is 2.25. The van der Waals surface area contributed by atoms with Crippen molar-refractivity contribution in [2.45, 2.75) is 0 Å². The van der Waals surface area contributed by atoms with Crippen molar-refractivity contribution in [3.8, 4) is 5.75 Å². The fourth-order valence-corrected chi connectivity index (χ4v) is 1.11. The van der Waals surface area contributed by atoms with Gasteiger partial charge in [0, 0.05) is 6.20 Å². The zero-order chi connectivity index (χ0) is 8.55. The van der Waals surface area contributed by atoms with Crippen LogP contribution in [0.25, 0.3) is 11.0 Å². The van der Waals surface area contributed by atoms with E-state index in [4.69, 9.17) is 0 Å². The van der Waals surface area contributed by atoms with Crippen LogP contribution in [0.15, 0.2) is 18.3 Å². The van der Waals surface area contributed by atoms with Crippen molar-refractivity contribution >= 4 is 17.3 Å². The molecule has 0 spiro atoms. The maximum Gasteiger partial charge on any atom is 0.170 e. The van der Waals surface area contributed by atoms with Gasteiger partial charge in [-0.1, -0.05) is 0 Å². The molecule has 0 bridgehead atoms. The number of aromatic nitrogens is 2. The van der Waals surface area contributed by atoms with Gasteiger partial charge in [0.05, 0.1) is 5.39 Å². The SMILES string of the molecule is O=Cc1[nH]c2ncccc2c1O. The molecule has 0 atom stereocenters. The van der Waals surface area contributed by atoms with Crippen molar-refractivity contribution in [3.05, 3.63) is 24.0 Å². The fraction of sp³-hybridized carbons (Fsp3) is 0. The first-order chi connectivity index (χ1) is 5.83. The number of carbonyl (C=O) groups excluding carboxylic acids is 1. The van der Waals surface area contributed by atoms with Crippen LogP contribution in [-0.2, 0) is 0 Å². The summed E-state index contributed by atoms with van der Waals surface area (Å²) in [5.41, 5.74) is 0.695. The molecule has 0 aliphatic rings. The Morgan fingerprint density at radius 2 is 2.42 bits per heavy atom. The second-order valence-corrected chi connectivity index (χ2v) is 2.40. The van der Waals surface area contributed by atoms with Gasteiger partial charge in [0.2, 0.25) is 0 Å². The summed E-state index contributed by atoms with van der Waals surface area (Å²) in [5, 5.41) is 9.96. The maximum atomic E-state index is 10.4. The van der Waals surface area contributed by atoms with Gasteiger partial charge in [0.15, 0.2) is 12.0 Å². The van der Waals surface area contributed by atoms with Crippen LogP contribution in [0.2, 0.25) is 0 Å². The highest BCUT2D eigenvalue weighted by Gasteiger charge is 2.08. The summed E-state index contributed by atoms with van der Waals surface area (Å²) < 4.78 is 0. The number of nitrogens with zero attached hydrogens (tertiary/aromatic N) is 1. The van der Waals surface area contributed by atoms with E-state index in [1.54, 1.807) is 18.3 Å². The van der Waals surface area contributed by atoms with Crippen molar-refractivity contribution in [2.75, 3.05) is 0 Å². The summed E-state index contributed by atoms with van der Waals surface area (Å²) in [6.45, 7) is 0. The number of fused-ring (bicyclic) bond motifs is 1. The smallest absolute Gasteiger partial charge is 0.170 e. The van der Waals surface area contributed by atoms with Gasteiger partial charge in [0.25, 0.3) is 0 Å². The second kappa shape index (κ2) is 2.34. The minimum absolute atomic E-state index is 0.0342. The third-order valence-corrected chi connectivity index (χ3v) is 1.69. The molecule has 0 saturated heterocycles. The predicted molar refractivity (Wildman–Crippen MR) is 43.1 cm³/mol. The summed E-state index contributed by atoms with van der Waals surface area (Å²) in [7, 11) is 0. The lowest BCUT2D eigenvalue weighted by Crippen LogP contribution is -1.77. The molecule has 60 valence electrons. The zero-order valence-electron chi connectivity index (χ0n) is 6.11. The first-order valence-electron chi connectivity index (χ1n) is 3.44. The van der Waals surface area contributed by atoms with Crippen molar-refractivity contribution in [3.63, 3.8) is 0 Å². The van der Waals surface area contributed by atoms with Crippen LogP contribution in [0, 0.1) is 0 Å². The maximum absolute atomic E-state index is 10.4. The molecule has 2 aromatic rings. The van der Waals surface area contributed by atoms with E-state index in [1.807, 2.05) is 0 Å². The van der Waals surface area contributed by atoms with Crippen molar-refractivity contribution in [1.82, 2.24) is 9.97 Å². The lowest BCUT2D eigenvalue weighted by atomic mass is 10.3. The summed E-state index contributed by atoms with van der Waals surface area (Å²) in [5.74, 6) is -0.0342. The molecule has 0 amide bonds. The Labute approximate surface area is 67.9 Å². The normalized spacial score (nSPS) is 10.3. The molecule has 0 aromatic carbocycles. The molecule has 0 aliphatic carbocycles. The molecule has 0 aliphatic heterocycles. The predicted octanol–water partition coefficient (Wildman–Crippen LogP) is 1.08. The largest absolute Gasteiger partial charge is 0.505 e. The van der Waals surface area contributed by atoms with Gasteiger partial charge < -0.3 is 10.1 Å². The van der Waals surface area contributed by atoms with Crippen molar-refractivity contribution in [2.24, 2.45) is 0 Å². The summed E-state index contributed by atoms with van der Waals surface area (Å²) in [6.07, 6.45) is 2.16. The number of pyridine rings is 1. The fourth-order valence-electron chi connectivity index (χ4n) is 1.11. The highest BCUT2D eigenvalue weighted by molar-refractivity contribution is 5.93. The number of aromatic amines is 1. The molecule has 0 fully saturated rings. The number of nitrogens with one attached hydrogen (secondary N) is 1. The number of hydrogen-bond acceptors (Lipinski definition) is 3. The Morgan fingerprint density at radius 1 is 1.58 bits per heavy atom. The first kappa shape index (κ1) is 6.84. The van der Waals surface area contributed by atoms with Crippen LogP contribution in [-0.4, -0.2) is 21.4 Å². The monoisotopic (exact) mass is 162 g/mol. The minimum atomic E-state index is -0.0342. The number of rotatable bonds is 1. The topological polar surface area (TPSA) is 66.0 Å². The summed E-state index contributed by atoms with van der Waals surface area (Å²) in [6, 6.07) is 3.39. The average molecular weight is 162 g/mol. The Kier molecular flexibility index (Phi) is 1.33. The van der Waals surface area contributed by atoms with Crippen LogP contribution >= 0.6 is 0 Å². The third kappa shape index (κ3) is 0.780. The van der Waals surface area contributed by atoms with Crippen LogP contribution in [0.5, 0.6) is 5.75 Å². The highest BCUT2D eigenvalue weighted by atomic mass is 16.3. The molecule has 0 saturated carbocycles. The zero-order valence-corrected chi connectivity index (χ0v) is 6.11. The van der Waals surface area contributed by atoms with Crippen LogP contribution in [0.3, 0.4) is 0 Å². The van der Waals surface area contributed by atoms with E-state index in [9.17, 15) is 9.90 Å². The van der Waals surface area contributed by atoms with Crippen LogP contribution < -0.4 is 0 Å². The summed E-state index contributed by atoms with van der Waals surface area (Å²) >= 11 is 0. The number of aromatic hydroxyl groups is 1. The van der Waals surface area contributed by atoms with Gasteiger partial charge >= 0.3 is 0 Å². The Balaban J connectivity index is 2.87. The lowest BCUT2D eigenvalue weighted by Gasteiger charge is -1.86. The number of aldehydes is 1. The molecule has 2 N–H and O–H groups in total. The van der Waals surface area contributed by atoms with E-state index < -0.39 is 0 Å². The van der Waals surface area contributed by atoms with E-state index >= 15 is 0 Å². The second-order valence-electron chi connectivity index (χ2n) is 2.40. The average Bonchev–Trinajstić information content (AvgIpc) is 2.44. The summed E-state index contributed by atoms with van der Waals surface area (Å²) in [4.78, 5) is 17.0. The first-order valence-corrected chi connectivity index (χ1v) is 3.44. The standard InChI is InChI=1S/C8H6N2O2/c11-4-6-7(12)5-2-1-3-9-8(5)10-6/h1-4,12H,(H,9,10). The van der Waals surface area contributed by atoms with Gasteiger partial charge in [-0.15, -0.1) is 0 Å². The number of carbonyl (C=O) groups is 1. The van der Waals surface area contributed by atoms with Gasteiger partial charge in [-0.3, -0.25) is 4.79 Å². The van der Waals surface area contributed by atoms with E-state index in [2.05, 4.69) is 9.97 Å². The third-order valence-electron chi connectivity index (χ3n) is 1.69. The Bertz CT molecular complexity index is 434. The molecule has 2 rings (SSSR count). The molecule has 4 nitrogen and oxygen atoms in total. The quantitative estimate of drug-likeness (QED) is 0.616. The molecular formula is C8H6N2O2. The number of hydrogen-bond donors (Lipinski definition) is 2. The Morgan fingerprint density at radius 3 is 3.08 bits per heavy atom. The minimum Gasteiger partial charge on any atom is -0.505 e.